The summed E-state index contributed by atoms with van der Waals surface area (Å²) in [6.07, 6.45) is 11.7. The largest absolute Gasteiger partial charge is 0.385 e. The number of guanidine groups is 1. The average Bonchev–Trinajstić information content (AvgIpc) is 3.40. The molecule has 0 atom stereocenters. The van der Waals surface area contributed by atoms with Gasteiger partial charge >= 0.3 is 0 Å². The van der Waals surface area contributed by atoms with Gasteiger partial charge in [-0.25, -0.2) is 9.67 Å². The van der Waals surface area contributed by atoms with Crippen LogP contribution in [0.1, 0.15) is 37.7 Å². The molecule has 2 N–H and O–H groups in total. The third-order valence-electron chi connectivity index (χ3n) is 5.36. The van der Waals surface area contributed by atoms with Gasteiger partial charge in [-0.3, -0.25) is 4.99 Å². The van der Waals surface area contributed by atoms with Crippen LogP contribution in [0.25, 0.3) is 5.82 Å². The summed E-state index contributed by atoms with van der Waals surface area (Å²) >= 11 is 0. The maximum absolute atomic E-state index is 5.32. The van der Waals surface area contributed by atoms with Gasteiger partial charge in [-0.2, -0.15) is 5.10 Å². The van der Waals surface area contributed by atoms with E-state index in [4.69, 9.17) is 4.74 Å². The molecule has 0 aliphatic heterocycles. The van der Waals surface area contributed by atoms with Crippen molar-refractivity contribution in [3.8, 4) is 5.82 Å². The lowest BCUT2D eigenvalue weighted by Crippen LogP contribution is -2.43. The Morgan fingerprint density at radius 3 is 2.85 bits per heavy atom. The highest BCUT2D eigenvalue weighted by Crippen LogP contribution is 2.40. The van der Waals surface area contributed by atoms with Crippen LogP contribution in [0.2, 0.25) is 0 Å². The smallest absolute Gasteiger partial charge is 0.191 e. The van der Waals surface area contributed by atoms with Crippen LogP contribution in [-0.4, -0.2) is 48.0 Å². The molecule has 7 nitrogen and oxygen atoms in total. The zero-order chi connectivity index (χ0) is 19.0. The average molecular weight is 371 g/mol. The zero-order valence-electron chi connectivity index (χ0n) is 16.3. The molecule has 1 saturated carbocycles. The van der Waals surface area contributed by atoms with E-state index >= 15 is 0 Å². The van der Waals surface area contributed by atoms with Crippen LogP contribution in [0.3, 0.4) is 0 Å². The topological polar surface area (TPSA) is 76.4 Å². The summed E-state index contributed by atoms with van der Waals surface area (Å²) < 4.78 is 7.08. The van der Waals surface area contributed by atoms with Crippen molar-refractivity contribution in [3.05, 3.63) is 42.4 Å². The van der Waals surface area contributed by atoms with E-state index < -0.39 is 0 Å². The van der Waals surface area contributed by atoms with Gasteiger partial charge in [0.2, 0.25) is 0 Å². The van der Waals surface area contributed by atoms with Crippen molar-refractivity contribution in [2.24, 2.45) is 10.4 Å². The van der Waals surface area contributed by atoms with Crippen molar-refractivity contribution in [2.45, 2.75) is 38.6 Å². The number of ether oxygens (including phenoxy) is 1. The second-order valence-corrected chi connectivity index (χ2v) is 7.20. The third-order valence-corrected chi connectivity index (χ3v) is 5.36. The Morgan fingerprint density at radius 2 is 2.15 bits per heavy atom. The van der Waals surface area contributed by atoms with Crippen LogP contribution in [0.15, 0.2) is 41.8 Å². The summed E-state index contributed by atoms with van der Waals surface area (Å²) in [5.41, 5.74) is 1.46. The maximum Gasteiger partial charge on any atom is 0.191 e. The lowest BCUT2D eigenvalue weighted by Gasteiger charge is -2.30. The Bertz CT molecular complexity index is 722. The second-order valence-electron chi connectivity index (χ2n) is 7.20. The summed E-state index contributed by atoms with van der Waals surface area (Å²) in [5.74, 6) is 1.64. The lowest BCUT2D eigenvalue weighted by atomic mass is 9.83. The molecule has 1 aliphatic carbocycles. The minimum Gasteiger partial charge on any atom is -0.385 e. The Kier molecular flexibility index (Phi) is 6.81. The standard InChI is InChI=1S/C20H30N6O/c1-21-19(24-16-20(9-13-27-2)7-3-4-8-20)23-15-17-6-11-22-18(14-17)26-12-5-10-25-26/h5-6,10-12,14H,3-4,7-9,13,15-16H2,1-2H3,(H2,21,23,24). The predicted octanol–water partition coefficient (Wildman–Crippen LogP) is 2.53. The molecule has 3 rings (SSSR count). The molecule has 0 spiro atoms. The summed E-state index contributed by atoms with van der Waals surface area (Å²) in [4.78, 5) is 8.75. The van der Waals surface area contributed by atoms with Gasteiger partial charge in [-0.05, 0) is 48.4 Å². The van der Waals surface area contributed by atoms with Gasteiger partial charge in [0.25, 0.3) is 0 Å². The summed E-state index contributed by atoms with van der Waals surface area (Å²) in [6, 6.07) is 5.93. The van der Waals surface area contributed by atoms with Crippen LogP contribution in [0, 0.1) is 5.41 Å². The van der Waals surface area contributed by atoms with Crippen molar-refractivity contribution in [2.75, 3.05) is 27.3 Å². The normalized spacial score (nSPS) is 16.4. The molecule has 2 aromatic heterocycles. The number of aliphatic imine (C=N–C) groups is 1. The number of methoxy groups -OCH3 is 1. The molecule has 0 aromatic carbocycles. The molecular weight excluding hydrogens is 340 g/mol. The van der Waals surface area contributed by atoms with Crippen molar-refractivity contribution >= 4 is 5.96 Å². The molecule has 0 radical (unpaired) electrons. The fourth-order valence-corrected chi connectivity index (χ4v) is 3.74. The molecule has 1 fully saturated rings. The van der Waals surface area contributed by atoms with Gasteiger partial charge in [-0.15, -0.1) is 0 Å². The van der Waals surface area contributed by atoms with E-state index in [9.17, 15) is 0 Å². The van der Waals surface area contributed by atoms with Crippen LogP contribution < -0.4 is 10.6 Å². The third kappa shape index (κ3) is 5.29. The molecule has 2 heterocycles. The number of aromatic nitrogens is 3. The number of pyridine rings is 1. The predicted molar refractivity (Wildman–Crippen MR) is 107 cm³/mol. The quantitative estimate of drug-likeness (QED) is 0.552. The molecule has 7 heteroatoms. The molecular formula is C20H30N6O. The molecule has 2 aromatic rings. The minimum absolute atomic E-state index is 0.331. The lowest BCUT2D eigenvalue weighted by molar-refractivity contribution is 0.138. The van der Waals surface area contributed by atoms with Crippen molar-refractivity contribution in [3.63, 3.8) is 0 Å². The van der Waals surface area contributed by atoms with E-state index in [0.717, 1.165) is 36.9 Å². The highest BCUT2D eigenvalue weighted by Gasteiger charge is 2.33. The van der Waals surface area contributed by atoms with Crippen LogP contribution >= 0.6 is 0 Å². The monoisotopic (exact) mass is 370 g/mol. The fourth-order valence-electron chi connectivity index (χ4n) is 3.74. The summed E-state index contributed by atoms with van der Waals surface area (Å²) in [6.45, 7) is 2.44. The van der Waals surface area contributed by atoms with Gasteiger partial charge in [0, 0.05) is 52.4 Å². The van der Waals surface area contributed by atoms with E-state index in [1.807, 2.05) is 37.6 Å². The van der Waals surface area contributed by atoms with Crippen LogP contribution in [0.5, 0.6) is 0 Å². The first kappa shape index (κ1) is 19.4. The maximum atomic E-state index is 5.32. The van der Waals surface area contributed by atoms with Gasteiger partial charge in [0.1, 0.15) is 0 Å². The molecule has 1 aliphatic rings. The van der Waals surface area contributed by atoms with Crippen LogP contribution in [-0.2, 0) is 11.3 Å². The van der Waals surface area contributed by atoms with E-state index in [0.29, 0.717) is 12.0 Å². The van der Waals surface area contributed by atoms with Gasteiger partial charge in [0.15, 0.2) is 11.8 Å². The van der Waals surface area contributed by atoms with E-state index in [1.165, 1.54) is 25.7 Å². The molecule has 146 valence electrons. The van der Waals surface area contributed by atoms with Gasteiger partial charge in [-0.1, -0.05) is 12.8 Å². The SMILES string of the molecule is CN=C(NCc1ccnc(-n2cccn2)c1)NCC1(CCOC)CCCC1. The van der Waals surface area contributed by atoms with Gasteiger partial charge < -0.3 is 15.4 Å². The first-order chi connectivity index (χ1) is 13.2. The molecule has 0 saturated heterocycles. The second kappa shape index (κ2) is 9.50. The fraction of sp³-hybridized carbons (Fsp3) is 0.550. The summed E-state index contributed by atoms with van der Waals surface area (Å²) in [7, 11) is 3.59. The van der Waals surface area contributed by atoms with Crippen molar-refractivity contribution in [1.29, 1.82) is 0 Å². The number of rotatable bonds is 8. The Labute approximate surface area is 161 Å². The van der Waals surface area contributed by atoms with Crippen LogP contribution in [0.4, 0.5) is 0 Å². The van der Waals surface area contributed by atoms with E-state index in [1.54, 1.807) is 18.0 Å². The zero-order valence-corrected chi connectivity index (χ0v) is 16.3. The minimum atomic E-state index is 0.331. The molecule has 0 unspecified atom stereocenters. The van der Waals surface area contributed by atoms with Crippen molar-refractivity contribution < 1.29 is 4.74 Å². The Hall–Kier alpha value is -2.41. The molecule has 27 heavy (non-hydrogen) atoms. The number of nitrogens with one attached hydrogen (secondary N) is 2. The Balaban J connectivity index is 1.54. The number of nitrogens with zero attached hydrogens (tertiary/aromatic N) is 4. The highest BCUT2D eigenvalue weighted by molar-refractivity contribution is 5.79. The van der Waals surface area contributed by atoms with E-state index in [2.05, 4.69) is 25.7 Å². The number of hydrogen-bond acceptors (Lipinski definition) is 4. The first-order valence-electron chi connectivity index (χ1n) is 9.63. The summed E-state index contributed by atoms with van der Waals surface area (Å²) in [5, 5.41) is 11.2. The first-order valence-corrected chi connectivity index (χ1v) is 9.63. The Morgan fingerprint density at radius 1 is 1.30 bits per heavy atom. The molecule has 0 bridgehead atoms. The van der Waals surface area contributed by atoms with E-state index in [-0.39, 0.29) is 0 Å². The number of hydrogen-bond donors (Lipinski definition) is 2. The van der Waals surface area contributed by atoms with Gasteiger partial charge in [0.05, 0.1) is 0 Å². The van der Waals surface area contributed by atoms with Crippen molar-refractivity contribution in [1.82, 2.24) is 25.4 Å². The highest BCUT2D eigenvalue weighted by atomic mass is 16.5. The molecule has 0 amide bonds.